The van der Waals surface area contributed by atoms with Gasteiger partial charge in [-0.25, -0.2) is 0 Å². The second kappa shape index (κ2) is 4.37. The van der Waals surface area contributed by atoms with Gasteiger partial charge in [-0.3, -0.25) is 10.1 Å². The summed E-state index contributed by atoms with van der Waals surface area (Å²) in [6, 6.07) is 6.59. The highest BCUT2D eigenvalue weighted by Crippen LogP contribution is 2.19. The summed E-state index contributed by atoms with van der Waals surface area (Å²) in [7, 11) is 0. The Morgan fingerprint density at radius 3 is 2.93 bits per heavy atom. The first kappa shape index (κ1) is 10.1. The molecule has 1 fully saturated rings. The molecular weight excluding hydrogens is 198 g/mol. The number of hydrogen-bond donors (Lipinski definition) is 0. The van der Waals surface area contributed by atoms with Gasteiger partial charge >= 0.3 is 0 Å². The lowest BCUT2D eigenvalue weighted by Gasteiger charge is -2.02. The molecular formula is C10H11NO4. The third-order valence-electron chi connectivity index (χ3n) is 2.15. The average Bonchev–Trinajstić information content (AvgIpc) is 3.02. The van der Waals surface area contributed by atoms with E-state index in [0.29, 0.717) is 12.2 Å². The van der Waals surface area contributed by atoms with E-state index in [4.69, 9.17) is 9.47 Å². The molecule has 1 aliphatic rings. The van der Waals surface area contributed by atoms with E-state index < -0.39 is 4.92 Å². The van der Waals surface area contributed by atoms with Gasteiger partial charge in [-0.05, 0) is 6.07 Å². The third-order valence-corrected chi connectivity index (χ3v) is 2.15. The largest absolute Gasteiger partial charge is 0.374 e. The van der Waals surface area contributed by atoms with Crippen molar-refractivity contribution in [2.45, 2.75) is 12.7 Å². The van der Waals surface area contributed by atoms with Crippen molar-refractivity contribution in [3.05, 3.63) is 39.9 Å². The van der Waals surface area contributed by atoms with Crippen LogP contribution in [-0.2, 0) is 16.1 Å². The van der Waals surface area contributed by atoms with Crippen LogP contribution in [0.2, 0.25) is 0 Å². The SMILES string of the molecule is O=[N+]([O-])c1ccccc1COC[C@H]1CO1. The fraction of sp³-hybridized carbons (Fsp3) is 0.400. The number of nitrogens with zero attached hydrogens (tertiary/aromatic N) is 1. The first-order chi connectivity index (χ1) is 7.27. The summed E-state index contributed by atoms with van der Waals surface area (Å²) in [5, 5.41) is 10.7. The van der Waals surface area contributed by atoms with Gasteiger partial charge in [0.05, 0.1) is 30.3 Å². The van der Waals surface area contributed by atoms with Crippen molar-refractivity contribution in [3.8, 4) is 0 Å². The summed E-state index contributed by atoms with van der Waals surface area (Å²) < 4.78 is 10.3. The quantitative estimate of drug-likeness (QED) is 0.419. The zero-order chi connectivity index (χ0) is 10.7. The Bertz CT molecular complexity index is 362. The maximum absolute atomic E-state index is 10.7. The Hall–Kier alpha value is -1.46. The number of para-hydroxylation sites is 1. The molecule has 0 bridgehead atoms. The normalized spacial score (nSPS) is 18.8. The van der Waals surface area contributed by atoms with Gasteiger partial charge in [0.1, 0.15) is 6.10 Å². The molecule has 0 saturated carbocycles. The minimum atomic E-state index is -0.397. The number of nitro benzene ring substituents is 1. The van der Waals surface area contributed by atoms with Crippen molar-refractivity contribution in [1.82, 2.24) is 0 Å². The molecule has 5 heteroatoms. The number of epoxide rings is 1. The van der Waals surface area contributed by atoms with E-state index in [9.17, 15) is 10.1 Å². The lowest BCUT2D eigenvalue weighted by molar-refractivity contribution is -0.385. The minimum absolute atomic E-state index is 0.106. The summed E-state index contributed by atoms with van der Waals surface area (Å²) in [5.74, 6) is 0. The molecule has 1 aliphatic heterocycles. The van der Waals surface area contributed by atoms with E-state index >= 15 is 0 Å². The molecule has 1 heterocycles. The molecule has 0 aliphatic carbocycles. The monoisotopic (exact) mass is 209 g/mol. The van der Waals surface area contributed by atoms with E-state index in [2.05, 4.69) is 0 Å². The summed E-state index contributed by atoms with van der Waals surface area (Å²) in [4.78, 5) is 10.3. The van der Waals surface area contributed by atoms with Gasteiger partial charge in [-0.1, -0.05) is 12.1 Å². The van der Waals surface area contributed by atoms with Crippen LogP contribution < -0.4 is 0 Å². The van der Waals surface area contributed by atoms with Crippen LogP contribution in [0.15, 0.2) is 24.3 Å². The highest BCUT2D eigenvalue weighted by molar-refractivity contribution is 5.39. The van der Waals surface area contributed by atoms with Crippen molar-refractivity contribution >= 4 is 5.69 Å². The van der Waals surface area contributed by atoms with E-state index in [0.717, 1.165) is 6.61 Å². The molecule has 0 amide bonds. The lowest BCUT2D eigenvalue weighted by atomic mass is 10.2. The van der Waals surface area contributed by atoms with Crippen molar-refractivity contribution in [1.29, 1.82) is 0 Å². The number of ether oxygens (including phenoxy) is 2. The van der Waals surface area contributed by atoms with Gasteiger partial charge in [0, 0.05) is 6.07 Å². The average molecular weight is 209 g/mol. The van der Waals surface area contributed by atoms with E-state index in [1.807, 2.05) is 0 Å². The van der Waals surface area contributed by atoms with Crippen LogP contribution in [-0.4, -0.2) is 24.2 Å². The molecule has 5 nitrogen and oxygen atoms in total. The molecule has 80 valence electrons. The zero-order valence-electron chi connectivity index (χ0n) is 8.09. The topological polar surface area (TPSA) is 64.9 Å². The maximum atomic E-state index is 10.7. The standard InChI is InChI=1S/C10H11NO4/c12-11(13)10-4-2-1-3-8(10)5-14-6-9-7-15-9/h1-4,9H,5-7H2/t9-/m0/s1. The second-order valence-electron chi connectivity index (χ2n) is 3.36. The fourth-order valence-corrected chi connectivity index (χ4v) is 1.28. The molecule has 1 aromatic rings. The van der Waals surface area contributed by atoms with Crippen molar-refractivity contribution in [2.75, 3.05) is 13.2 Å². The van der Waals surface area contributed by atoms with E-state index in [1.165, 1.54) is 6.07 Å². The molecule has 0 radical (unpaired) electrons. The Kier molecular flexibility index (Phi) is 2.94. The van der Waals surface area contributed by atoms with Gasteiger partial charge in [0.2, 0.25) is 0 Å². The smallest absolute Gasteiger partial charge is 0.274 e. The number of hydrogen-bond acceptors (Lipinski definition) is 4. The molecule has 1 saturated heterocycles. The van der Waals surface area contributed by atoms with E-state index in [1.54, 1.807) is 18.2 Å². The molecule has 0 spiro atoms. The van der Waals surface area contributed by atoms with Crippen LogP contribution in [0.4, 0.5) is 5.69 Å². The van der Waals surface area contributed by atoms with Crippen LogP contribution in [0.1, 0.15) is 5.56 Å². The van der Waals surface area contributed by atoms with Gasteiger partial charge in [-0.2, -0.15) is 0 Å². The molecule has 15 heavy (non-hydrogen) atoms. The number of benzene rings is 1. The van der Waals surface area contributed by atoms with Crippen molar-refractivity contribution < 1.29 is 14.4 Å². The summed E-state index contributed by atoms with van der Waals surface area (Å²) in [6.07, 6.45) is 0.188. The summed E-state index contributed by atoms with van der Waals surface area (Å²) in [5.41, 5.74) is 0.706. The van der Waals surface area contributed by atoms with Crippen molar-refractivity contribution in [3.63, 3.8) is 0 Å². The van der Waals surface area contributed by atoms with Crippen molar-refractivity contribution in [2.24, 2.45) is 0 Å². The molecule has 2 rings (SSSR count). The van der Waals surface area contributed by atoms with Gasteiger partial charge in [-0.15, -0.1) is 0 Å². The predicted octanol–water partition coefficient (Wildman–Crippen LogP) is 1.51. The minimum Gasteiger partial charge on any atom is -0.374 e. The van der Waals surface area contributed by atoms with Crippen LogP contribution >= 0.6 is 0 Å². The van der Waals surface area contributed by atoms with E-state index in [-0.39, 0.29) is 18.4 Å². The summed E-state index contributed by atoms with van der Waals surface area (Å²) >= 11 is 0. The Morgan fingerprint density at radius 2 is 2.27 bits per heavy atom. The molecule has 0 aromatic heterocycles. The van der Waals surface area contributed by atoms with Gasteiger partial charge in [0.25, 0.3) is 5.69 Å². The highest BCUT2D eigenvalue weighted by atomic mass is 16.6. The zero-order valence-corrected chi connectivity index (χ0v) is 8.09. The Balaban J connectivity index is 1.95. The third kappa shape index (κ3) is 2.74. The number of nitro groups is 1. The molecule has 1 aromatic carbocycles. The Labute approximate surface area is 86.8 Å². The van der Waals surface area contributed by atoms with Gasteiger partial charge in [0.15, 0.2) is 0 Å². The Morgan fingerprint density at radius 1 is 1.53 bits per heavy atom. The predicted molar refractivity (Wildman–Crippen MR) is 52.5 cm³/mol. The van der Waals surface area contributed by atoms with Crippen LogP contribution in [0, 0.1) is 10.1 Å². The van der Waals surface area contributed by atoms with Crippen LogP contribution in [0.25, 0.3) is 0 Å². The first-order valence-electron chi connectivity index (χ1n) is 4.69. The summed E-state index contributed by atoms with van der Waals surface area (Å²) in [6.45, 7) is 1.50. The molecule has 1 atom stereocenters. The maximum Gasteiger partial charge on any atom is 0.274 e. The molecule has 0 N–H and O–H groups in total. The second-order valence-corrected chi connectivity index (χ2v) is 3.36. The van der Waals surface area contributed by atoms with Gasteiger partial charge < -0.3 is 9.47 Å². The fourth-order valence-electron chi connectivity index (χ4n) is 1.28. The highest BCUT2D eigenvalue weighted by Gasteiger charge is 2.22. The molecule has 0 unspecified atom stereocenters. The van der Waals surface area contributed by atoms with Crippen LogP contribution in [0.3, 0.4) is 0 Å². The van der Waals surface area contributed by atoms with Crippen LogP contribution in [0.5, 0.6) is 0 Å². The first-order valence-corrected chi connectivity index (χ1v) is 4.69. The number of rotatable bonds is 5. The lowest BCUT2D eigenvalue weighted by Crippen LogP contribution is -2.03.